The molecule has 0 aliphatic rings. The number of aliphatic carboxylic acids is 2. The van der Waals surface area contributed by atoms with Crippen molar-refractivity contribution in [2.45, 2.75) is 95.8 Å². The molecular formula is C57H62F4N6O13P2. The van der Waals surface area contributed by atoms with Crippen LogP contribution >= 0.6 is 15.2 Å². The molecule has 0 unspecified atom stereocenters. The monoisotopic (exact) mass is 1180 g/mol. The normalized spacial score (nSPS) is 12.2. The summed E-state index contributed by atoms with van der Waals surface area (Å²) in [5, 5.41) is 21.5. The fraction of sp³-hybridized carbons (Fsp3) is 0.333. The van der Waals surface area contributed by atoms with Gasteiger partial charge in [0.2, 0.25) is 0 Å². The third-order valence-corrected chi connectivity index (χ3v) is 15.7. The van der Waals surface area contributed by atoms with E-state index in [9.17, 15) is 36.3 Å². The lowest BCUT2D eigenvalue weighted by Crippen LogP contribution is -2.20. The maximum Gasteiger partial charge on any atom is 0.394 e. The average molecular weight is 1180 g/mol. The SMILES string of the molecule is Cc1cc(OCCCC(F)(F)P(=O)(O)O)ccc1CCc1cnc2c(N)nc3cc(CCC(=O)O)ccc3c2c1.Cc1cc(OCCOCCC(F)(F)P(=O)(O)O)ccc1CCc1cnc2c(N)nc3cc(CCC(=O)O)ccc3c2c1. The van der Waals surface area contributed by atoms with Crippen LogP contribution in [0.1, 0.15) is 76.6 Å². The number of nitrogens with zero attached hydrogens (tertiary/aromatic N) is 4. The largest absolute Gasteiger partial charge is 0.494 e. The molecule has 0 aliphatic carbocycles. The molecule has 0 spiro atoms. The first-order valence-electron chi connectivity index (χ1n) is 25.9. The number of benzene rings is 4. The van der Waals surface area contributed by atoms with Gasteiger partial charge < -0.3 is 55.5 Å². The van der Waals surface area contributed by atoms with Gasteiger partial charge in [-0.2, -0.15) is 17.6 Å². The van der Waals surface area contributed by atoms with Gasteiger partial charge >= 0.3 is 38.5 Å². The molecule has 4 aromatic carbocycles. The summed E-state index contributed by atoms with van der Waals surface area (Å²) in [6, 6.07) is 26.6. The van der Waals surface area contributed by atoms with Crippen LogP contribution in [0.3, 0.4) is 0 Å². The highest BCUT2D eigenvalue weighted by atomic mass is 31.2. The predicted molar refractivity (Wildman–Crippen MR) is 302 cm³/mol. The van der Waals surface area contributed by atoms with Crippen molar-refractivity contribution < 1.29 is 80.3 Å². The molecular weight excluding hydrogens is 1110 g/mol. The lowest BCUT2D eigenvalue weighted by molar-refractivity contribution is -0.138. The minimum atomic E-state index is -5.51. The molecule has 8 rings (SSSR count). The van der Waals surface area contributed by atoms with Gasteiger partial charge in [0.1, 0.15) is 29.1 Å². The Morgan fingerprint density at radius 1 is 0.524 bits per heavy atom. The second-order valence-corrected chi connectivity index (χ2v) is 23.2. The molecule has 0 amide bonds. The zero-order valence-corrected chi connectivity index (χ0v) is 46.5. The number of fused-ring (bicyclic) bond motifs is 6. The number of carbonyl (C=O) groups is 2. The molecule has 82 heavy (non-hydrogen) atoms. The van der Waals surface area contributed by atoms with Crippen LogP contribution in [0, 0.1) is 13.8 Å². The van der Waals surface area contributed by atoms with Gasteiger partial charge in [-0.15, -0.1) is 0 Å². The van der Waals surface area contributed by atoms with Crippen molar-refractivity contribution in [1.82, 2.24) is 19.9 Å². The second-order valence-electron chi connectivity index (χ2n) is 19.7. The Hall–Kier alpha value is -7.36. The highest BCUT2D eigenvalue weighted by Crippen LogP contribution is 2.55. The van der Waals surface area contributed by atoms with Gasteiger partial charge in [-0.1, -0.05) is 36.4 Å². The quantitative estimate of drug-likeness (QED) is 0.0108. The van der Waals surface area contributed by atoms with Crippen molar-refractivity contribution in [3.05, 3.63) is 142 Å². The first-order valence-corrected chi connectivity index (χ1v) is 29.2. The molecule has 436 valence electrons. The van der Waals surface area contributed by atoms with E-state index >= 15 is 0 Å². The van der Waals surface area contributed by atoms with E-state index in [4.69, 9.17) is 55.5 Å². The van der Waals surface area contributed by atoms with Gasteiger partial charge in [-0.05, 0) is 152 Å². The van der Waals surface area contributed by atoms with Gasteiger partial charge in [0.25, 0.3) is 0 Å². The molecule has 4 aromatic heterocycles. The summed E-state index contributed by atoms with van der Waals surface area (Å²) in [5.74, 6) is -0.0165. The van der Waals surface area contributed by atoms with Crippen molar-refractivity contribution in [1.29, 1.82) is 0 Å². The number of anilines is 2. The second kappa shape index (κ2) is 26.7. The fourth-order valence-corrected chi connectivity index (χ4v) is 9.83. The maximum absolute atomic E-state index is 13.4. The first-order chi connectivity index (χ1) is 38.7. The predicted octanol–water partition coefficient (Wildman–Crippen LogP) is 10.4. The van der Waals surface area contributed by atoms with Crippen molar-refractivity contribution in [2.75, 3.05) is 37.9 Å². The van der Waals surface area contributed by atoms with Crippen LogP contribution < -0.4 is 20.9 Å². The van der Waals surface area contributed by atoms with E-state index < -0.39 is 57.9 Å². The number of ether oxygens (including phenoxy) is 3. The van der Waals surface area contributed by atoms with E-state index in [-0.39, 0.29) is 39.1 Å². The highest BCUT2D eigenvalue weighted by Gasteiger charge is 2.48. The molecule has 0 atom stereocenters. The van der Waals surface area contributed by atoms with E-state index in [1.54, 1.807) is 24.5 Å². The number of hydrogen-bond donors (Lipinski definition) is 8. The van der Waals surface area contributed by atoms with E-state index in [2.05, 4.69) is 26.0 Å². The van der Waals surface area contributed by atoms with Crippen LogP contribution in [0.2, 0.25) is 0 Å². The lowest BCUT2D eigenvalue weighted by Gasteiger charge is -2.17. The maximum atomic E-state index is 13.4. The summed E-state index contributed by atoms with van der Waals surface area (Å²) < 4.78 is 91.0. The van der Waals surface area contributed by atoms with Crippen molar-refractivity contribution in [3.63, 3.8) is 0 Å². The van der Waals surface area contributed by atoms with Gasteiger partial charge in [0.15, 0.2) is 11.6 Å². The summed E-state index contributed by atoms with van der Waals surface area (Å²) >= 11 is 0. The summed E-state index contributed by atoms with van der Waals surface area (Å²) in [7, 11) is -11.0. The van der Waals surface area contributed by atoms with Gasteiger partial charge in [-0.3, -0.25) is 28.7 Å². The fourth-order valence-electron chi connectivity index (χ4n) is 9.00. The Morgan fingerprint density at radius 2 is 0.963 bits per heavy atom. The average Bonchev–Trinajstić information content (AvgIpc) is 3.61. The Labute approximate surface area is 468 Å². The molecule has 0 aliphatic heterocycles. The number of nitrogen functional groups attached to an aromatic ring is 2. The molecule has 0 saturated carbocycles. The zero-order valence-electron chi connectivity index (χ0n) is 44.7. The summed E-state index contributed by atoms with van der Waals surface area (Å²) in [5.41, 5.74) is 14.7. The molecule has 4 heterocycles. The number of alkyl halides is 4. The summed E-state index contributed by atoms with van der Waals surface area (Å²) in [6.45, 7) is 3.37. The Morgan fingerprint density at radius 3 is 1.39 bits per heavy atom. The summed E-state index contributed by atoms with van der Waals surface area (Å²) in [4.78, 5) is 74.6. The molecule has 0 bridgehead atoms. The van der Waals surface area contributed by atoms with Gasteiger partial charge in [-0.25, -0.2) is 9.97 Å². The van der Waals surface area contributed by atoms with E-state index in [1.165, 1.54) is 0 Å². The summed E-state index contributed by atoms with van der Waals surface area (Å²) in [6.07, 6.45) is 5.07. The number of carboxylic acid groups (broad SMARTS) is 2. The molecule has 0 fully saturated rings. The number of pyridine rings is 4. The number of aryl methyl sites for hydroxylation is 8. The molecule has 0 saturated heterocycles. The Balaban J connectivity index is 0.000000236. The molecule has 10 N–H and O–H groups in total. The van der Waals surface area contributed by atoms with Crippen molar-refractivity contribution >= 4 is 82.4 Å². The molecule has 8 aromatic rings. The third kappa shape index (κ3) is 16.4. The number of carboxylic acids is 2. The van der Waals surface area contributed by atoms with Gasteiger partial charge in [0.05, 0.1) is 30.9 Å². The third-order valence-electron chi connectivity index (χ3n) is 13.6. The van der Waals surface area contributed by atoms with Crippen molar-refractivity contribution in [2.24, 2.45) is 0 Å². The van der Waals surface area contributed by atoms with Crippen LogP contribution in [0.4, 0.5) is 29.2 Å². The van der Waals surface area contributed by atoms with Crippen LogP contribution in [0.5, 0.6) is 11.5 Å². The first kappa shape index (κ1) is 62.2. The minimum absolute atomic E-state index is 0.00857. The Bertz CT molecular complexity index is 3730. The smallest absolute Gasteiger partial charge is 0.394 e. The number of halogens is 4. The van der Waals surface area contributed by atoms with E-state index in [0.717, 1.165) is 78.9 Å². The number of nitrogens with two attached hydrogens (primary N) is 2. The van der Waals surface area contributed by atoms with Crippen LogP contribution in [0.25, 0.3) is 43.6 Å². The number of hydrogen-bond acceptors (Lipinski definition) is 13. The van der Waals surface area contributed by atoms with E-state index in [0.29, 0.717) is 70.9 Å². The molecule has 0 radical (unpaired) electrons. The molecule has 25 heteroatoms. The number of rotatable bonds is 26. The standard InChI is InChI=1S/C29H32F2N3O7P.C28H30F2N3O6P/c1-18-14-22(41-13-12-40-11-10-29(30,31)42(37,38)39)7-6-21(18)5-2-20-15-24-23-8-3-19(4-9-26(35)36)16-25(23)34-28(32)27(24)33-17-20;1-17-13-21(39-12-2-11-28(29,30)40(36,37)38)8-7-20(17)6-3-19-14-23-22-9-4-18(5-10-25(34)35)15-24(22)33-27(31)26(23)32-16-19/h3,6-8,14-17H,2,4-5,9-13H2,1H3,(H2,32,34)(H,35,36)(H2,37,38,39);4,7-9,13-16H,2-3,5-6,10-12H2,1H3,(H2,31,33)(H,34,35)(H2,36,37,38). The number of aromatic nitrogens is 4. The lowest BCUT2D eigenvalue weighted by atomic mass is 9.99. The minimum Gasteiger partial charge on any atom is -0.494 e. The topological polar surface area (TPSA) is 321 Å². The highest BCUT2D eigenvalue weighted by molar-refractivity contribution is 7.53. The van der Waals surface area contributed by atoms with Crippen molar-refractivity contribution in [3.8, 4) is 11.5 Å². The van der Waals surface area contributed by atoms with Crippen LogP contribution in [-0.4, -0.2) is 99.4 Å². The van der Waals surface area contributed by atoms with Gasteiger partial charge in [0, 0.05) is 59.6 Å². The zero-order chi connectivity index (χ0) is 59.6. The molecule has 19 nitrogen and oxygen atoms in total. The van der Waals surface area contributed by atoms with E-state index in [1.807, 2.05) is 80.6 Å². The van der Waals surface area contributed by atoms with Crippen LogP contribution in [0.15, 0.2) is 97.3 Å². The van der Waals surface area contributed by atoms with Crippen LogP contribution in [-0.2, 0) is 62.0 Å². The Kier molecular flexibility index (Phi) is 20.3.